The number of anilines is 1. The highest BCUT2D eigenvalue weighted by Gasteiger charge is 2.19. The molecule has 0 saturated carbocycles. The zero-order valence-electron chi connectivity index (χ0n) is 8.14. The lowest BCUT2D eigenvalue weighted by Crippen LogP contribution is -2.32. The Morgan fingerprint density at radius 3 is 2.50 bits per heavy atom. The van der Waals surface area contributed by atoms with Gasteiger partial charge in [0.2, 0.25) is 5.84 Å². The highest BCUT2D eigenvalue weighted by atomic mass is 16.6. The van der Waals surface area contributed by atoms with E-state index < -0.39 is 0 Å². The average molecular weight is 199 g/mol. The van der Waals surface area contributed by atoms with Gasteiger partial charge in [-0.15, -0.1) is 0 Å². The fourth-order valence-electron chi connectivity index (χ4n) is 1.13. The Morgan fingerprint density at radius 2 is 2.14 bits per heavy atom. The molecule has 0 aliphatic heterocycles. The molecule has 0 saturated heterocycles. The first-order valence-corrected chi connectivity index (χ1v) is 4.29. The predicted octanol–water partition coefficient (Wildman–Crippen LogP) is 0.129. The first-order valence-electron chi connectivity index (χ1n) is 4.29. The van der Waals surface area contributed by atoms with Gasteiger partial charge in [-0.1, -0.05) is 5.16 Å². The van der Waals surface area contributed by atoms with E-state index in [1.165, 1.54) is 0 Å². The molecule has 1 heterocycles. The van der Waals surface area contributed by atoms with Gasteiger partial charge >= 0.3 is 0 Å². The minimum Gasteiger partial charge on any atom is -0.409 e. The predicted molar refractivity (Wildman–Crippen MR) is 50.0 cm³/mol. The monoisotopic (exact) mass is 199 g/mol. The molecule has 1 aromatic heterocycles. The summed E-state index contributed by atoms with van der Waals surface area (Å²) in [6.07, 6.45) is 0. The molecule has 78 valence electrons. The first-order chi connectivity index (χ1) is 6.74. The van der Waals surface area contributed by atoms with Gasteiger partial charge in [-0.3, -0.25) is 0 Å². The molecule has 1 aromatic rings. The Hall–Kier alpha value is -1.79. The molecular weight excluding hydrogens is 186 g/mol. The van der Waals surface area contributed by atoms with Crippen LogP contribution in [0.25, 0.3) is 0 Å². The van der Waals surface area contributed by atoms with E-state index in [4.69, 9.17) is 10.9 Å². The molecule has 0 atom stereocenters. The fourth-order valence-corrected chi connectivity index (χ4v) is 1.13. The molecular formula is C7H13N5O2. The van der Waals surface area contributed by atoms with E-state index in [1.807, 2.05) is 13.8 Å². The van der Waals surface area contributed by atoms with Crippen LogP contribution in [0.5, 0.6) is 0 Å². The van der Waals surface area contributed by atoms with Gasteiger partial charge in [-0.2, -0.15) is 0 Å². The lowest BCUT2D eigenvalue weighted by molar-refractivity contribution is 0.295. The number of nitrogen functional groups attached to an aromatic ring is 1. The van der Waals surface area contributed by atoms with Crippen LogP contribution < -0.4 is 5.73 Å². The van der Waals surface area contributed by atoms with Crippen LogP contribution in [0.1, 0.15) is 19.5 Å². The minimum absolute atomic E-state index is 0.115. The van der Waals surface area contributed by atoms with Crippen molar-refractivity contribution in [3.63, 3.8) is 0 Å². The number of oxime groups is 1. The van der Waals surface area contributed by atoms with Crippen molar-refractivity contribution in [3.05, 3.63) is 5.69 Å². The molecule has 0 aliphatic rings. The summed E-state index contributed by atoms with van der Waals surface area (Å²) in [6.45, 7) is 5.22. The van der Waals surface area contributed by atoms with Crippen LogP contribution in [-0.4, -0.2) is 39.3 Å². The van der Waals surface area contributed by atoms with Crippen molar-refractivity contribution in [2.24, 2.45) is 5.16 Å². The highest BCUT2D eigenvalue weighted by molar-refractivity contribution is 5.99. The van der Waals surface area contributed by atoms with Gasteiger partial charge in [0.1, 0.15) is 0 Å². The number of aromatic nitrogens is 2. The van der Waals surface area contributed by atoms with E-state index in [-0.39, 0.29) is 17.3 Å². The molecule has 0 unspecified atom stereocenters. The van der Waals surface area contributed by atoms with Crippen LogP contribution >= 0.6 is 0 Å². The third kappa shape index (κ3) is 1.76. The lowest BCUT2D eigenvalue weighted by atomic mass is 10.3. The molecule has 14 heavy (non-hydrogen) atoms. The molecule has 0 aliphatic carbocycles. The van der Waals surface area contributed by atoms with Crippen LogP contribution in [-0.2, 0) is 0 Å². The van der Waals surface area contributed by atoms with Crippen molar-refractivity contribution in [2.45, 2.75) is 13.8 Å². The molecule has 1 rings (SSSR count). The lowest BCUT2D eigenvalue weighted by Gasteiger charge is -2.19. The Morgan fingerprint density at radius 1 is 1.50 bits per heavy atom. The standard InChI is InChI=1S/C7H13N5O2/c1-3-12(4-2)7(9-13)5-6(8)11-14-10-5/h13H,3-4H2,1-2H3,(H2,8,11)/b9-7+. The van der Waals surface area contributed by atoms with Gasteiger partial charge in [0, 0.05) is 13.1 Å². The summed E-state index contributed by atoms with van der Waals surface area (Å²) in [5.74, 6) is 0.387. The zero-order valence-corrected chi connectivity index (χ0v) is 8.14. The Bertz CT molecular complexity index is 318. The van der Waals surface area contributed by atoms with Crippen molar-refractivity contribution in [1.29, 1.82) is 0 Å². The van der Waals surface area contributed by atoms with Crippen molar-refractivity contribution in [2.75, 3.05) is 18.8 Å². The zero-order chi connectivity index (χ0) is 10.6. The number of hydrogen-bond donors (Lipinski definition) is 2. The van der Waals surface area contributed by atoms with Gasteiger partial charge in [0.05, 0.1) is 0 Å². The summed E-state index contributed by atoms with van der Waals surface area (Å²) >= 11 is 0. The van der Waals surface area contributed by atoms with Crippen molar-refractivity contribution in [1.82, 2.24) is 15.2 Å². The SMILES string of the molecule is CCN(CC)/C(=N/O)c1nonc1N. The Balaban J connectivity index is 2.99. The van der Waals surface area contributed by atoms with Crippen LogP contribution in [0, 0.1) is 0 Å². The number of hydrogen-bond acceptors (Lipinski definition) is 6. The normalized spacial score (nSPS) is 11.7. The summed E-state index contributed by atoms with van der Waals surface area (Å²) in [5.41, 5.74) is 5.74. The number of nitrogens with zero attached hydrogens (tertiary/aromatic N) is 4. The molecule has 0 radical (unpaired) electrons. The molecule has 0 bridgehead atoms. The molecule has 7 nitrogen and oxygen atoms in total. The largest absolute Gasteiger partial charge is 0.409 e. The molecule has 7 heteroatoms. The van der Waals surface area contributed by atoms with E-state index in [2.05, 4.69) is 20.1 Å². The van der Waals surface area contributed by atoms with Gasteiger partial charge in [0.15, 0.2) is 11.5 Å². The van der Waals surface area contributed by atoms with Crippen molar-refractivity contribution >= 4 is 11.7 Å². The second-order valence-electron chi connectivity index (χ2n) is 2.59. The van der Waals surface area contributed by atoms with Gasteiger partial charge in [-0.05, 0) is 24.2 Å². The van der Waals surface area contributed by atoms with Crippen molar-refractivity contribution < 1.29 is 9.84 Å². The van der Waals surface area contributed by atoms with E-state index in [1.54, 1.807) is 4.90 Å². The van der Waals surface area contributed by atoms with Crippen molar-refractivity contribution in [3.8, 4) is 0 Å². The number of nitrogens with two attached hydrogens (primary N) is 1. The number of rotatable bonds is 3. The Kier molecular flexibility index (Phi) is 3.27. The highest BCUT2D eigenvalue weighted by Crippen LogP contribution is 2.09. The summed E-state index contributed by atoms with van der Waals surface area (Å²) < 4.78 is 4.42. The van der Waals surface area contributed by atoms with E-state index in [0.29, 0.717) is 13.1 Å². The summed E-state index contributed by atoms with van der Waals surface area (Å²) in [5, 5.41) is 18.9. The Labute approximate surface area is 81.1 Å². The summed E-state index contributed by atoms with van der Waals surface area (Å²) in [4.78, 5) is 1.79. The van der Waals surface area contributed by atoms with Crippen LogP contribution in [0.15, 0.2) is 9.78 Å². The molecule has 0 amide bonds. The fraction of sp³-hybridized carbons (Fsp3) is 0.571. The van der Waals surface area contributed by atoms with E-state index >= 15 is 0 Å². The van der Waals surface area contributed by atoms with E-state index in [0.717, 1.165) is 0 Å². The maximum Gasteiger partial charge on any atom is 0.201 e. The van der Waals surface area contributed by atoms with E-state index in [9.17, 15) is 0 Å². The van der Waals surface area contributed by atoms with Gasteiger partial charge < -0.3 is 15.8 Å². The quantitative estimate of drug-likeness (QED) is 0.310. The van der Waals surface area contributed by atoms with Crippen LogP contribution in [0.3, 0.4) is 0 Å². The molecule has 3 N–H and O–H groups in total. The minimum atomic E-state index is 0.115. The smallest absolute Gasteiger partial charge is 0.201 e. The average Bonchev–Trinajstić information content (AvgIpc) is 2.61. The third-order valence-corrected chi connectivity index (χ3v) is 1.88. The van der Waals surface area contributed by atoms with Crippen LogP contribution in [0.2, 0.25) is 0 Å². The maximum atomic E-state index is 8.84. The maximum absolute atomic E-state index is 8.84. The molecule has 0 aromatic carbocycles. The third-order valence-electron chi connectivity index (χ3n) is 1.88. The van der Waals surface area contributed by atoms with Gasteiger partial charge in [-0.25, -0.2) is 4.63 Å². The molecule has 0 fully saturated rings. The second-order valence-corrected chi connectivity index (χ2v) is 2.59. The summed E-state index contributed by atoms with van der Waals surface area (Å²) in [6, 6.07) is 0. The number of amidine groups is 1. The first kappa shape index (κ1) is 10.3. The summed E-state index contributed by atoms with van der Waals surface area (Å²) in [7, 11) is 0. The van der Waals surface area contributed by atoms with Crippen LogP contribution in [0.4, 0.5) is 5.82 Å². The second kappa shape index (κ2) is 4.45. The topological polar surface area (TPSA) is 101 Å². The van der Waals surface area contributed by atoms with Gasteiger partial charge in [0.25, 0.3) is 0 Å². The molecule has 0 spiro atoms.